The van der Waals surface area contributed by atoms with Crippen LogP contribution in [0.25, 0.3) is 0 Å². The number of halogens is 1. The van der Waals surface area contributed by atoms with Crippen LogP contribution >= 0.6 is 11.6 Å². The smallest absolute Gasteiger partial charge is 0.123 e. The first-order chi connectivity index (χ1) is 8.65. The maximum atomic E-state index is 6.25. The fourth-order valence-corrected chi connectivity index (χ4v) is 2.83. The lowest BCUT2D eigenvalue weighted by Gasteiger charge is -2.15. The number of para-hydroxylation sites is 1. The van der Waals surface area contributed by atoms with E-state index in [1.54, 1.807) is 0 Å². The van der Waals surface area contributed by atoms with Crippen molar-refractivity contribution in [2.24, 2.45) is 5.92 Å². The van der Waals surface area contributed by atoms with Crippen LogP contribution in [0.1, 0.15) is 25.8 Å². The molecular formula is C15H22ClNO. The Morgan fingerprint density at radius 1 is 1.39 bits per heavy atom. The van der Waals surface area contributed by atoms with Crippen LogP contribution in [-0.2, 0) is 6.42 Å². The van der Waals surface area contributed by atoms with Crippen LogP contribution in [0.15, 0.2) is 24.3 Å². The average Bonchev–Trinajstić information content (AvgIpc) is 2.70. The highest BCUT2D eigenvalue weighted by Crippen LogP contribution is 2.27. The Morgan fingerprint density at radius 3 is 2.89 bits per heavy atom. The molecule has 0 aliphatic carbocycles. The van der Waals surface area contributed by atoms with Gasteiger partial charge >= 0.3 is 0 Å². The standard InChI is InChI=1S/C15H22ClNO/c1-11(2)7-13(16)9-17-10-14-8-12-5-3-4-6-15(12)18-14/h3-6,11,13-14,17H,7-10H2,1-2H3. The van der Waals surface area contributed by atoms with Crippen molar-refractivity contribution in [3.05, 3.63) is 29.8 Å². The molecule has 0 bridgehead atoms. The summed E-state index contributed by atoms with van der Waals surface area (Å²) < 4.78 is 5.86. The van der Waals surface area contributed by atoms with Crippen LogP contribution in [0.3, 0.4) is 0 Å². The average molecular weight is 268 g/mol. The van der Waals surface area contributed by atoms with Crippen LogP contribution in [0, 0.1) is 5.92 Å². The molecule has 2 rings (SSSR count). The normalized spacial score (nSPS) is 19.7. The molecule has 3 heteroatoms. The van der Waals surface area contributed by atoms with Gasteiger partial charge in [-0.05, 0) is 24.0 Å². The predicted octanol–water partition coefficient (Wildman–Crippen LogP) is 3.23. The summed E-state index contributed by atoms with van der Waals surface area (Å²) in [5.41, 5.74) is 1.31. The summed E-state index contributed by atoms with van der Waals surface area (Å²) in [7, 11) is 0. The zero-order valence-corrected chi connectivity index (χ0v) is 11.9. The molecule has 0 fully saturated rings. The van der Waals surface area contributed by atoms with Gasteiger partial charge in [0.05, 0.1) is 0 Å². The monoisotopic (exact) mass is 267 g/mol. The van der Waals surface area contributed by atoms with Crippen molar-refractivity contribution in [1.82, 2.24) is 5.32 Å². The van der Waals surface area contributed by atoms with Crippen LogP contribution in [0.2, 0.25) is 0 Å². The van der Waals surface area contributed by atoms with E-state index in [-0.39, 0.29) is 11.5 Å². The Bertz CT molecular complexity index is 356. The molecule has 0 spiro atoms. The Balaban J connectivity index is 1.68. The number of hydrogen-bond donors (Lipinski definition) is 1. The first kappa shape index (κ1) is 13.7. The second kappa shape index (κ2) is 6.44. The van der Waals surface area contributed by atoms with E-state index in [9.17, 15) is 0 Å². The fraction of sp³-hybridized carbons (Fsp3) is 0.600. The van der Waals surface area contributed by atoms with Gasteiger partial charge in [0.1, 0.15) is 11.9 Å². The molecule has 18 heavy (non-hydrogen) atoms. The van der Waals surface area contributed by atoms with Crippen molar-refractivity contribution in [1.29, 1.82) is 0 Å². The molecule has 2 atom stereocenters. The molecule has 1 N–H and O–H groups in total. The Hall–Kier alpha value is -0.730. The highest BCUT2D eigenvalue weighted by atomic mass is 35.5. The number of hydrogen-bond acceptors (Lipinski definition) is 2. The maximum absolute atomic E-state index is 6.25. The SMILES string of the molecule is CC(C)CC(Cl)CNCC1Cc2ccccc2O1. The molecule has 2 nitrogen and oxygen atoms in total. The van der Waals surface area contributed by atoms with Crippen LogP contribution in [0.4, 0.5) is 0 Å². The van der Waals surface area contributed by atoms with Crippen molar-refractivity contribution in [2.45, 2.75) is 38.2 Å². The van der Waals surface area contributed by atoms with Crippen molar-refractivity contribution in [3.63, 3.8) is 0 Å². The summed E-state index contributed by atoms with van der Waals surface area (Å²) in [5, 5.41) is 3.63. The zero-order chi connectivity index (χ0) is 13.0. The third-order valence-corrected chi connectivity index (χ3v) is 3.51. The molecule has 1 aromatic carbocycles. The zero-order valence-electron chi connectivity index (χ0n) is 11.2. The number of benzene rings is 1. The van der Waals surface area contributed by atoms with E-state index in [0.717, 1.165) is 31.7 Å². The summed E-state index contributed by atoms with van der Waals surface area (Å²) in [6, 6.07) is 8.26. The second-order valence-electron chi connectivity index (χ2n) is 5.44. The lowest BCUT2D eigenvalue weighted by Crippen LogP contribution is -2.34. The summed E-state index contributed by atoms with van der Waals surface area (Å²) in [6.07, 6.45) is 2.31. The van der Waals surface area contributed by atoms with Crippen molar-refractivity contribution in [2.75, 3.05) is 13.1 Å². The Labute approximate surface area is 115 Å². The number of nitrogens with one attached hydrogen (secondary N) is 1. The minimum absolute atomic E-state index is 0.216. The van der Waals surface area contributed by atoms with E-state index < -0.39 is 0 Å². The molecule has 0 radical (unpaired) electrons. The van der Waals surface area contributed by atoms with Gasteiger partial charge < -0.3 is 10.1 Å². The molecule has 0 aromatic heterocycles. The second-order valence-corrected chi connectivity index (χ2v) is 6.05. The van der Waals surface area contributed by atoms with Gasteiger partial charge in [-0.1, -0.05) is 32.0 Å². The summed E-state index contributed by atoms with van der Waals surface area (Å²) in [6.45, 7) is 6.13. The largest absolute Gasteiger partial charge is 0.488 e. The van der Waals surface area contributed by atoms with Crippen molar-refractivity contribution in [3.8, 4) is 5.75 Å². The fourth-order valence-electron chi connectivity index (χ4n) is 2.36. The van der Waals surface area contributed by atoms with Crippen molar-refractivity contribution < 1.29 is 4.74 Å². The summed E-state index contributed by atoms with van der Waals surface area (Å²) in [5.74, 6) is 1.69. The van der Waals surface area contributed by atoms with Gasteiger partial charge in [0.2, 0.25) is 0 Å². The topological polar surface area (TPSA) is 21.3 Å². The molecule has 0 saturated carbocycles. The predicted molar refractivity (Wildman–Crippen MR) is 76.5 cm³/mol. The molecule has 1 aliphatic rings. The van der Waals surface area contributed by atoms with Gasteiger partial charge in [-0.3, -0.25) is 0 Å². The minimum Gasteiger partial charge on any atom is -0.488 e. The number of fused-ring (bicyclic) bond motifs is 1. The first-order valence-electron chi connectivity index (χ1n) is 6.74. The molecule has 1 heterocycles. The van der Waals surface area contributed by atoms with E-state index in [2.05, 4.69) is 31.3 Å². The summed E-state index contributed by atoms with van der Waals surface area (Å²) >= 11 is 6.25. The van der Waals surface area contributed by atoms with Gasteiger partial charge in [0.25, 0.3) is 0 Å². The van der Waals surface area contributed by atoms with Gasteiger partial charge in [0.15, 0.2) is 0 Å². The van der Waals surface area contributed by atoms with E-state index in [1.807, 2.05) is 12.1 Å². The lowest BCUT2D eigenvalue weighted by molar-refractivity contribution is 0.227. The van der Waals surface area contributed by atoms with Crippen LogP contribution < -0.4 is 10.1 Å². The molecule has 0 amide bonds. The quantitative estimate of drug-likeness (QED) is 0.799. The Kier molecular flexibility index (Phi) is 4.90. The van der Waals surface area contributed by atoms with Gasteiger partial charge in [0, 0.05) is 24.9 Å². The maximum Gasteiger partial charge on any atom is 0.123 e. The van der Waals surface area contributed by atoms with E-state index in [4.69, 9.17) is 16.3 Å². The van der Waals surface area contributed by atoms with E-state index in [1.165, 1.54) is 5.56 Å². The molecule has 1 aliphatic heterocycles. The Morgan fingerprint density at radius 2 is 2.17 bits per heavy atom. The third kappa shape index (κ3) is 3.89. The summed E-state index contributed by atoms with van der Waals surface area (Å²) in [4.78, 5) is 0. The van der Waals surface area contributed by atoms with E-state index in [0.29, 0.717) is 5.92 Å². The van der Waals surface area contributed by atoms with Crippen LogP contribution in [-0.4, -0.2) is 24.6 Å². The van der Waals surface area contributed by atoms with Gasteiger partial charge in [-0.15, -0.1) is 11.6 Å². The number of alkyl halides is 1. The lowest BCUT2D eigenvalue weighted by atomic mass is 10.1. The molecule has 2 unspecified atom stereocenters. The van der Waals surface area contributed by atoms with E-state index >= 15 is 0 Å². The van der Waals surface area contributed by atoms with Gasteiger partial charge in [-0.25, -0.2) is 0 Å². The molecule has 1 aromatic rings. The molecule has 0 saturated heterocycles. The third-order valence-electron chi connectivity index (χ3n) is 3.18. The highest BCUT2D eigenvalue weighted by molar-refractivity contribution is 6.20. The molecule has 100 valence electrons. The molecular weight excluding hydrogens is 246 g/mol. The number of ether oxygens (including phenoxy) is 1. The van der Waals surface area contributed by atoms with Crippen molar-refractivity contribution >= 4 is 11.6 Å². The first-order valence-corrected chi connectivity index (χ1v) is 7.18. The van der Waals surface area contributed by atoms with Crippen LogP contribution in [0.5, 0.6) is 5.75 Å². The highest BCUT2D eigenvalue weighted by Gasteiger charge is 2.21. The van der Waals surface area contributed by atoms with Gasteiger partial charge in [-0.2, -0.15) is 0 Å². The number of rotatable bonds is 6. The minimum atomic E-state index is 0.216.